The Bertz CT molecular complexity index is 901. The number of carbonyl (C=O) groups is 1. The van der Waals surface area contributed by atoms with Crippen LogP contribution in [-0.4, -0.2) is 16.1 Å². The SMILES string of the molecule is Cc1ccc(C(C)NC(=O)c2cc(Cl)nnc2Sc2ccccc2)cc1. The summed E-state index contributed by atoms with van der Waals surface area (Å²) >= 11 is 7.35. The first-order valence-electron chi connectivity index (χ1n) is 8.16. The van der Waals surface area contributed by atoms with Crippen LogP contribution in [-0.2, 0) is 0 Å². The highest BCUT2D eigenvalue weighted by Crippen LogP contribution is 2.29. The Kier molecular flexibility index (Phi) is 5.91. The van der Waals surface area contributed by atoms with Crippen LogP contribution in [0.4, 0.5) is 0 Å². The summed E-state index contributed by atoms with van der Waals surface area (Å²) in [6, 6.07) is 19.2. The molecule has 1 atom stereocenters. The average Bonchev–Trinajstić information content (AvgIpc) is 2.64. The second kappa shape index (κ2) is 8.34. The lowest BCUT2D eigenvalue weighted by atomic mass is 10.1. The van der Waals surface area contributed by atoms with Crippen LogP contribution >= 0.6 is 23.4 Å². The Labute approximate surface area is 162 Å². The number of nitrogens with one attached hydrogen (secondary N) is 1. The quantitative estimate of drug-likeness (QED) is 0.667. The fourth-order valence-electron chi connectivity index (χ4n) is 2.41. The molecule has 0 saturated carbocycles. The zero-order valence-corrected chi connectivity index (χ0v) is 16.0. The van der Waals surface area contributed by atoms with Gasteiger partial charge in [0.15, 0.2) is 5.15 Å². The molecule has 0 fully saturated rings. The van der Waals surface area contributed by atoms with Crippen LogP contribution in [0.3, 0.4) is 0 Å². The molecule has 0 radical (unpaired) electrons. The molecule has 1 aromatic heterocycles. The van der Waals surface area contributed by atoms with Gasteiger partial charge in [0.2, 0.25) is 0 Å². The monoisotopic (exact) mass is 383 g/mol. The maximum atomic E-state index is 12.8. The number of hydrogen-bond donors (Lipinski definition) is 1. The van der Waals surface area contributed by atoms with E-state index in [9.17, 15) is 4.79 Å². The van der Waals surface area contributed by atoms with Gasteiger partial charge < -0.3 is 5.32 Å². The van der Waals surface area contributed by atoms with Crippen molar-refractivity contribution in [3.05, 3.63) is 82.5 Å². The number of nitrogens with zero attached hydrogens (tertiary/aromatic N) is 2. The van der Waals surface area contributed by atoms with E-state index in [0.29, 0.717) is 10.6 Å². The van der Waals surface area contributed by atoms with E-state index >= 15 is 0 Å². The van der Waals surface area contributed by atoms with E-state index in [1.807, 2.05) is 68.4 Å². The van der Waals surface area contributed by atoms with E-state index in [4.69, 9.17) is 11.6 Å². The minimum absolute atomic E-state index is 0.135. The molecule has 1 heterocycles. The van der Waals surface area contributed by atoms with Gasteiger partial charge in [-0.3, -0.25) is 4.79 Å². The molecule has 4 nitrogen and oxygen atoms in total. The number of rotatable bonds is 5. The molecule has 0 aliphatic rings. The summed E-state index contributed by atoms with van der Waals surface area (Å²) in [5, 5.41) is 11.7. The molecule has 1 amide bonds. The number of carbonyl (C=O) groups excluding carboxylic acids is 1. The number of aromatic nitrogens is 2. The van der Waals surface area contributed by atoms with E-state index < -0.39 is 0 Å². The van der Waals surface area contributed by atoms with E-state index in [1.165, 1.54) is 17.3 Å². The van der Waals surface area contributed by atoms with Crippen molar-refractivity contribution in [2.24, 2.45) is 0 Å². The molecule has 26 heavy (non-hydrogen) atoms. The standard InChI is InChI=1S/C20H18ClN3OS/c1-13-8-10-15(11-9-13)14(2)22-19(25)17-12-18(21)23-24-20(17)26-16-6-4-3-5-7-16/h3-12,14H,1-2H3,(H,22,25). The van der Waals surface area contributed by atoms with Gasteiger partial charge in [0.25, 0.3) is 5.91 Å². The van der Waals surface area contributed by atoms with Gasteiger partial charge in [-0.25, -0.2) is 0 Å². The van der Waals surface area contributed by atoms with Crippen molar-refractivity contribution >= 4 is 29.3 Å². The predicted octanol–water partition coefficient (Wildman–Crippen LogP) is 5.08. The van der Waals surface area contributed by atoms with Gasteiger partial charge in [-0.2, -0.15) is 0 Å². The predicted molar refractivity (Wildman–Crippen MR) is 105 cm³/mol. The van der Waals surface area contributed by atoms with E-state index in [0.717, 1.165) is 10.5 Å². The second-order valence-corrected chi connectivity index (χ2v) is 7.36. The summed E-state index contributed by atoms with van der Waals surface area (Å²) in [4.78, 5) is 13.8. The Morgan fingerprint density at radius 1 is 1.08 bits per heavy atom. The maximum absolute atomic E-state index is 12.8. The van der Waals surface area contributed by atoms with Crippen LogP contribution in [0.5, 0.6) is 0 Å². The Morgan fingerprint density at radius 2 is 1.77 bits per heavy atom. The van der Waals surface area contributed by atoms with Crippen molar-refractivity contribution in [2.45, 2.75) is 29.8 Å². The lowest BCUT2D eigenvalue weighted by Crippen LogP contribution is -2.27. The normalized spacial score (nSPS) is 11.8. The van der Waals surface area contributed by atoms with Crippen molar-refractivity contribution in [3.63, 3.8) is 0 Å². The molecule has 1 unspecified atom stereocenters. The van der Waals surface area contributed by atoms with Crippen LogP contribution in [0.2, 0.25) is 5.15 Å². The molecule has 0 aliphatic carbocycles. The van der Waals surface area contributed by atoms with Crippen LogP contribution in [0.25, 0.3) is 0 Å². The Morgan fingerprint density at radius 3 is 2.46 bits per heavy atom. The largest absolute Gasteiger partial charge is 0.345 e. The van der Waals surface area contributed by atoms with Crippen molar-refractivity contribution in [1.82, 2.24) is 15.5 Å². The maximum Gasteiger partial charge on any atom is 0.254 e. The number of benzene rings is 2. The lowest BCUT2D eigenvalue weighted by molar-refractivity contribution is 0.0936. The summed E-state index contributed by atoms with van der Waals surface area (Å²) in [6.45, 7) is 3.98. The third-order valence-electron chi connectivity index (χ3n) is 3.86. The van der Waals surface area contributed by atoms with E-state index in [-0.39, 0.29) is 17.1 Å². The molecule has 0 aliphatic heterocycles. The number of amides is 1. The van der Waals surface area contributed by atoms with Gasteiger partial charge >= 0.3 is 0 Å². The van der Waals surface area contributed by atoms with Gasteiger partial charge in [0.05, 0.1) is 11.6 Å². The summed E-state index contributed by atoms with van der Waals surface area (Å²) < 4.78 is 0. The third-order valence-corrected chi connectivity index (χ3v) is 5.04. The van der Waals surface area contributed by atoms with Gasteiger partial charge in [0, 0.05) is 4.90 Å². The summed E-state index contributed by atoms with van der Waals surface area (Å²) in [5.74, 6) is -0.228. The minimum Gasteiger partial charge on any atom is -0.345 e. The highest BCUT2D eigenvalue weighted by molar-refractivity contribution is 7.99. The highest BCUT2D eigenvalue weighted by atomic mass is 35.5. The van der Waals surface area contributed by atoms with Crippen molar-refractivity contribution < 1.29 is 4.79 Å². The van der Waals surface area contributed by atoms with Crippen molar-refractivity contribution in [1.29, 1.82) is 0 Å². The summed E-state index contributed by atoms with van der Waals surface area (Å²) in [5.41, 5.74) is 2.63. The molecule has 0 spiro atoms. The second-order valence-electron chi connectivity index (χ2n) is 5.91. The molecule has 6 heteroatoms. The highest BCUT2D eigenvalue weighted by Gasteiger charge is 2.18. The lowest BCUT2D eigenvalue weighted by Gasteiger charge is -2.16. The van der Waals surface area contributed by atoms with Crippen LogP contribution in [0.1, 0.15) is 34.5 Å². The smallest absolute Gasteiger partial charge is 0.254 e. The third kappa shape index (κ3) is 4.62. The zero-order chi connectivity index (χ0) is 18.5. The summed E-state index contributed by atoms with van der Waals surface area (Å²) in [6.07, 6.45) is 0. The topological polar surface area (TPSA) is 54.9 Å². The van der Waals surface area contributed by atoms with Crippen LogP contribution in [0, 0.1) is 6.92 Å². The Hall–Kier alpha value is -2.37. The van der Waals surface area contributed by atoms with Crippen LogP contribution in [0.15, 0.2) is 70.6 Å². The average molecular weight is 384 g/mol. The molecular formula is C20H18ClN3OS. The fourth-order valence-corrected chi connectivity index (χ4v) is 3.41. The zero-order valence-electron chi connectivity index (χ0n) is 14.4. The molecule has 2 aromatic carbocycles. The molecule has 0 bridgehead atoms. The molecule has 3 aromatic rings. The number of halogens is 1. The fraction of sp³-hybridized carbons (Fsp3) is 0.150. The molecule has 132 valence electrons. The van der Waals surface area contributed by atoms with Gasteiger partial charge in [-0.15, -0.1) is 10.2 Å². The van der Waals surface area contributed by atoms with Crippen molar-refractivity contribution in [3.8, 4) is 0 Å². The molecule has 3 rings (SSSR count). The van der Waals surface area contributed by atoms with Crippen LogP contribution < -0.4 is 5.32 Å². The molecule has 0 saturated heterocycles. The van der Waals surface area contributed by atoms with Crippen molar-refractivity contribution in [2.75, 3.05) is 0 Å². The van der Waals surface area contributed by atoms with Gasteiger partial charge in [-0.1, -0.05) is 71.4 Å². The first kappa shape index (κ1) is 18.4. The minimum atomic E-state index is -0.228. The first-order chi connectivity index (χ1) is 12.5. The van der Waals surface area contributed by atoms with Gasteiger partial charge in [0.1, 0.15) is 5.03 Å². The Balaban J connectivity index is 1.81. The molecule has 1 N–H and O–H groups in total. The summed E-state index contributed by atoms with van der Waals surface area (Å²) in [7, 11) is 0. The molecular weight excluding hydrogens is 366 g/mol. The van der Waals surface area contributed by atoms with E-state index in [2.05, 4.69) is 15.5 Å². The number of aryl methyl sites for hydroxylation is 1. The van der Waals surface area contributed by atoms with E-state index in [1.54, 1.807) is 6.07 Å². The number of hydrogen-bond acceptors (Lipinski definition) is 4. The first-order valence-corrected chi connectivity index (χ1v) is 9.36. The van der Waals surface area contributed by atoms with Gasteiger partial charge in [-0.05, 0) is 37.6 Å².